The molecule has 0 spiro atoms. The molecule has 4 heteroatoms. The second kappa shape index (κ2) is 8.79. The highest BCUT2D eigenvalue weighted by molar-refractivity contribution is 7.10. The SMILES string of the molecule is CCc1ccc([C@H](N[C@@H](C)C(=O)Nc2ccccc2)c2cccs2)cc1. The number of thiophene rings is 1. The molecule has 3 nitrogen and oxygen atoms in total. The minimum absolute atomic E-state index is 0.00238. The summed E-state index contributed by atoms with van der Waals surface area (Å²) >= 11 is 1.70. The number of anilines is 1. The van der Waals surface area contributed by atoms with E-state index in [1.807, 2.05) is 43.3 Å². The van der Waals surface area contributed by atoms with Crippen LogP contribution in [0, 0.1) is 0 Å². The first-order valence-electron chi connectivity index (χ1n) is 8.91. The van der Waals surface area contributed by atoms with Gasteiger partial charge < -0.3 is 5.32 Å². The van der Waals surface area contributed by atoms with E-state index in [-0.39, 0.29) is 18.0 Å². The van der Waals surface area contributed by atoms with Crippen molar-refractivity contribution in [2.45, 2.75) is 32.4 Å². The van der Waals surface area contributed by atoms with Gasteiger partial charge in [-0.25, -0.2) is 0 Å². The average Bonchev–Trinajstić information content (AvgIpc) is 3.21. The van der Waals surface area contributed by atoms with Gasteiger partial charge in [-0.15, -0.1) is 11.3 Å². The Morgan fingerprint density at radius 2 is 1.73 bits per heavy atom. The molecule has 0 saturated heterocycles. The van der Waals surface area contributed by atoms with Crippen LogP contribution < -0.4 is 10.6 Å². The van der Waals surface area contributed by atoms with E-state index in [1.54, 1.807) is 11.3 Å². The first-order valence-corrected chi connectivity index (χ1v) is 9.79. The lowest BCUT2D eigenvalue weighted by atomic mass is 10.0. The second-order valence-corrected chi connectivity index (χ2v) is 7.27. The fourth-order valence-corrected chi connectivity index (χ4v) is 3.65. The topological polar surface area (TPSA) is 41.1 Å². The maximum absolute atomic E-state index is 12.6. The summed E-state index contributed by atoms with van der Waals surface area (Å²) < 4.78 is 0. The predicted molar refractivity (Wildman–Crippen MR) is 110 cm³/mol. The lowest BCUT2D eigenvalue weighted by Crippen LogP contribution is -2.40. The number of aryl methyl sites for hydroxylation is 1. The number of carbonyl (C=O) groups is 1. The zero-order valence-corrected chi connectivity index (χ0v) is 15.9. The van der Waals surface area contributed by atoms with Crippen LogP contribution in [0.3, 0.4) is 0 Å². The van der Waals surface area contributed by atoms with Crippen molar-refractivity contribution in [2.24, 2.45) is 0 Å². The summed E-state index contributed by atoms with van der Waals surface area (Å²) in [6, 6.07) is 22.0. The molecule has 134 valence electrons. The Bertz CT molecular complexity index is 813. The van der Waals surface area contributed by atoms with E-state index in [9.17, 15) is 4.79 Å². The third-order valence-corrected chi connectivity index (χ3v) is 5.34. The molecular formula is C22H24N2OS. The van der Waals surface area contributed by atoms with Gasteiger partial charge in [-0.2, -0.15) is 0 Å². The molecule has 26 heavy (non-hydrogen) atoms. The van der Waals surface area contributed by atoms with Crippen LogP contribution in [0.1, 0.15) is 35.9 Å². The van der Waals surface area contributed by atoms with Gasteiger partial charge in [0, 0.05) is 10.6 Å². The molecule has 0 aliphatic rings. The van der Waals surface area contributed by atoms with E-state index in [4.69, 9.17) is 0 Å². The van der Waals surface area contributed by atoms with Crippen molar-refractivity contribution in [3.05, 3.63) is 88.1 Å². The summed E-state index contributed by atoms with van der Waals surface area (Å²) in [5.41, 5.74) is 3.30. The summed E-state index contributed by atoms with van der Waals surface area (Å²) in [6.45, 7) is 4.05. The van der Waals surface area contributed by atoms with Crippen molar-refractivity contribution in [1.29, 1.82) is 0 Å². The number of rotatable bonds is 7. The van der Waals surface area contributed by atoms with E-state index < -0.39 is 0 Å². The Kier molecular flexibility index (Phi) is 6.21. The van der Waals surface area contributed by atoms with Crippen LogP contribution in [-0.2, 0) is 11.2 Å². The Morgan fingerprint density at radius 1 is 1.00 bits per heavy atom. The highest BCUT2D eigenvalue weighted by Gasteiger charge is 2.21. The van der Waals surface area contributed by atoms with E-state index in [2.05, 4.69) is 53.3 Å². The van der Waals surface area contributed by atoms with Gasteiger partial charge in [0.15, 0.2) is 0 Å². The molecular weight excluding hydrogens is 340 g/mol. The smallest absolute Gasteiger partial charge is 0.241 e. The molecule has 3 aromatic rings. The first-order chi connectivity index (χ1) is 12.7. The quantitative estimate of drug-likeness (QED) is 0.618. The minimum atomic E-state index is -0.326. The van der Waals surface area contributed by atoms with Crippen LogP contribution in [0.5, 0.6) is 0 Å². The molecule has 2 aromatic carbocycles. The molecule has 2 atom stereocenters. The standard InChI is InChI=1S/C22H24N2OS/c1-3-17-11-13-18(14-12-17)21(20-10-7-15-26-20)23-16(2)22(25)24-19-8-5-4-6-9-19/h4-16,21,23H,3H2,1-2H3,(H,24,25)/t16-,21-/m0/s1. The zero-order chi connectivity index (χ0) is 18.4. The van der Waals surface area contributed by atoms with Crippen LogP contribution in [0.4, 0.5) is 5.69 Å². The number of hydrogen-bond acceptors (Lipinski definition) is 3. The van der Waals surface area contributed by atoms with E-state index >= 15 is 0 Å². The molecule has 1 heterocycles. The molecule has 2 N–H and O–H groups in total. The highest BCUT2D eigenvalue weighted by atomic mass is 32.1. The monoisotopic (exact) mass is 364 g/mol. The Morgan fingerprint density at radius 3 is 2.35 bits per heavy atom. The van der Waals surface area contributed by atoms with Crippen LogP contribution in [0.2, 0.25) is 0 Å². The van der Waals surface area contributed by atoms with Gasteiger partial charge in [-0.1, -0.05) is 55.5 Å². The second-order valence-electron chi connectivity index (χ2n) is 6.29. The van der Waals surface area contributed by atoms with Gasteiger partial charge >= 0.3 is 0 Å². The molecule has 1 amide bonds. The molecule has 0 aliphatic carbocycles. The van der Waals surface area contributed by atoms with Crippen molar-refractivity contribution >= 4 is 22.9 Å². The van der Waals surface area contributed by atoms with Gasteiger partial charge in [0.05, 0.1) is 12.1 Å². The van der Waals surface area contributed by atoms with E-state index in [0.29, 0.717) is 0 Å². The Labute approximate surface area is 159 Å². The fraction of sp³-hybridized carbons (Fsp3) is 0.227. The number of carbonyl (C=O) groups excluding carboxylic acids is 1. The summed E-state index contributed by atoms with van der Waals surface area (Å²) in [4.78, 5) is 13.8. The van der Waals surface area contributed by atoms with Crippen molar-refractivity contribution in [3.8, 4) is 0 Å². The van der Waals surface area contributed by atoms with Crippen LogP contribution in [-0.4, -0.2) is 11.9 Å². The molecule has 0 saturated carbocycles. The van der Waals surface area contributed by atoms with Crippen molar-refractivity contribution in [1.82, 2.24) is 5.32 Å². The largest absolute Gasteiger partial charge is 0.325 e. The molecule has 0 radical (unpaired) electrons. The van der Waals surface area contributed by atoms with Gasteiger partial charge in [0.25, 0.3) is 0 Å². The summed E-state index contributed by atoms with van der Waals surface area (Å²) in [5, 5.41) is 8.52. The maximum atomic E-state index is 12.6. The minimum Gasteiger partial charge on any atom is -0.325 e. The van der Waals surface area contributed by atoms with Crippen molar-refractivity contribution in [3.63, 3.8) is 0 Å². The van der Waals surface area contributed by atoms with E-state index in [1.165, 1.54) is 16.0 Å². The summed E-state index contributed by atoms with van der Waals surface area (Å²) in [5.74, 6) is -0.0389. The summed E-state index contributed by atoms with van der Waals surface area (Å²) in [6.07, 6.45) is 1.02. The van der Waals surface area contributed by atoms with Gasteiger partial charge in [-0.05, 0) is 48.1 Å². The normalized spacial score (nSPS) is 13.2. The molecule has 3 rings (SSSR count). The number of para-hydroxylation sites is 1. The van der Waals surface area contributed by atoms with Gasteiger partial charge in [0.1, 0.15) is 0 Å². The molecule has 0 fully saturated rings. The van der Waals surface area contributed by atoms with E-state index in [0.717, 1.165) is 12.1 Å². The van der Waals surface area contributed by atoms with Crippen LogP contribution in [0.15, 0.2) is 72.1 Å². The summed E-state index contributed by atoms with van der Waals surface area (Å²) in [7, 11) is 0. The molecule has 1 aromatic heterocycles. The number of benzene rings is 2. The number of nitrogens with one attached hydrogen (secondary N) is 2. The van der Waals surface area contributed by atoms with Crippen LogP contribution >= 0.6 is 11.3 Å². The average molecular weight is 365 g/mol. The van der Waals surface area contributed by atoms with Crippen molar-refractivity contribution < 1.29 is 4.79 Å². The van der Waals surface area contributed by atoms with Crippen LogP contribution in [0.25, 0.3) is 0 Å². The Hall–Kier alpha value is -2.43. The lowest BCUT2D eigenvalue weighted by Gasteiger charge is -2.23. The molecule has 0 bridgehead atoms. The fourth-order valence-electron chi connectivity index (χ4n) is 2.84. The number of hydrogen-bond donors (Lipinski definition) is 2. The molecule has 0 aliphatic heterocycles. The van der Waals surface area contributed by atoms with Gasteiger partial charge in [0.2, 0.25) is 5.91 Å². The Balaban J connectivity index is 1.75. The third-order valence-electron chi connectivity index (χ3n) is 4.40. The first kappa shape index (κ1) is 18.4. The predicted octanol–water partition coefficient (Wildman–Crippen LogP) is 5.02. The van der Waals surface area contributed by atoms with Crippen molar-refractivity contribution in [2.75, 3.05) is 5.32 Å². The van der Waals surface area contributed by atoms with Gasteiger partial charge in [-0.3, -0.25) is 10.1 Å². The third kappa shape index (κ3) is 4.59. The zero-order valence-electron chi connectivity index (χ0n) is 15.1. The lowest BCUT2D eigenvalue weighted by molar-refractivity contribution is -0.117. The molecule has 0 unspecified atom stereocenters. The maximum Gasteiger partial charge on any atom is 0.241 e. The highest BCUT2D eigenvalue weighted by Crippen LogP contribution is 2.27. The number of amides is 1.